The lowest BCUT2D eigenvalue weighted by atomic mass is 10.1. The number of para-hydroxylation sites is 1. The molecule has 3 aromatic carbocycles. The molecule has 1 heterocycles. The van der Waals surface area contributed by atoms with Gasteiger partial charge in [-0.15, -0.1) is 0 Å². The zero-order valence-corrected chi connectivity index (χ0v) is 18.3. The van der Waals surface area contributed by atoms with Gasteiger partial charge in [0.15, 0.2) is 0 Å². The molecule has 33 heavy (non-hydrogen) atoms. The molecule has 0 aliphatic rings. The smallest absolute Gasteiger partial charge is 0.269 e. The second-order valence-electron chi connectivity index (χ2n) is 7.43. The number of hydrogen-bond acceptors (Lipinski definition) is 4. The summed E-state index contributed by atoms with van der Waals surface area (Å²) in [5.74, 6) is 0.849. The highest BCUT2D eigenvalue weighted by Gasteiger charge is 2.11. The molecule has 0 radical (unpaired) electrons. The maximum Gasteiger partial charge on any atom is 0.269 e. The van der Waals surface area contributed by atoms with E-state index in [-0.39, 0.29) is 18.2 Å². The maximum atomic E-state index is 12.4. The number of aromatic amines is 1. The Morgan fingerprint density at radius 3 is 2.27 bits per heavy atom. The van der Waals surface area contributed by atoms with Crippen molar-refractivity contribution in [1.29, 1.82) is 0 Å². The van der Waals surface area contributed by atoms with Gasteiger partial charge >= 0.3 is 0 Å². The Balaban J connectivity index is 1.25. The van der Waals surface area contributed by atoms with Crippen molar-refractivity contribution >= 4 is 22.7 Å². The van der Waals surface area contributed by atoms with E-state index >= 15 is 0 Å². The van der Waals surface area contributed by atoms with Crippen molar-refractivity contribution in [3.8, 4) is 11.5 Å². The maximum absolute atomic E-state index is 12.4. The zero-order valence-electron chi connectivity index (χ0n) is 18.3. The van der Waals surface area contributed by atoms with E-state index in [1.165, 1.54) is 0 Å². The highest BCUT2D eigenvalue weighted by molar-refractivity contribution is 5.96. The molecule has 3 N–H and O–H groups in total. The molecular weight excluding hydrogens is 418 g/mol. The van der Waals surface area contributed by atoms with Gasteiger partial charge in [-0.2, -0.15) is 0 Å². The Hall–Kier alpha value is -4.26. The van der Waals surface area contributed by atoms with Crippen molar-refractivity contribution in [3.05, 3.63) is 95.7 Å². The van der Waals surface area contributed by atoms with Crippen LogP contribution in [0.15, 0.2) is 79.0 Å². The van der Waals surface area contributed by atoms with E-state index in [4.69, 9.17) is 9.47 Å². The van der Waals surface area contributed by atoms with E-state index in [2.05, 4.69) is 15.8 Å². The molecule has 0 saturated carbocycles. The average Bonchev–Trinajstić information content (AvgIpc) is 3.25. The Bertz CT molecular complexity index is 1230. The summed E-state index contributed by atoms with van der Waals surface area (Å²) in [6.45, 7) is 2.93. The van der Waals surface area contributed by atoms with Crippen molar-refractivity contribution < 1.29 is 19.1 Å². The highest BCUT2D eigenvalue weighted by atomic mass is 16.5. The number of fused-ring (bicyclic) bond motifs is 1. The number of hydrazine groups is 1. The summed E-state index contributed by atoms with van der Waals surface area (Å²) in [6.07, 6.45) is 1.96. The SMILES string of the molecule is CCOc1ccc(OCc2ccc(C(=O)NNC(=O)Cc3c[nH]c4ccccc34)cc2)cc1. The second kappa shape index (κ2) is 10.4. The monoisotopic (exact) mass is 443 g/mol. The summed E-state index contributed by atoms with van der Waals surface area (Å²) in [6, 6.07) is 22.2. The van der Waals surface area contributed by atoms with Crippen molar-refractivity contribution in [2.75, 3.05) is 6.61 Å². The van der Waals surface area contributed by atoms with Gasteiger partial charge < -0.3 is 14.5 Å². The van der Waals surface area contributed by atoms with Crippen LogP contribution >= 0.6 is 0 Å². The normalized spacial score (nSPS) is 10.6. The van der Waals surface area contributed by atoms with Crippen LogP contribution in [-0.2, 0) is 17.8 Å². The minimum atomic E-state index is -0.388. The van der Waals surface area contributed by atoms with Crippen LogP contribution in [0.5, 0.6) is 11.5 Å². The van der Waals surface area contributed by atoms with Gasteiger partial charge in [-0.1, -0.05) is 30.3 Å². The number of aromatic nitrogens is 1. The van der Waals surface area contributed by atoms with Gasteiger partial charge in [0, 0.05) is 22.7 Å². The quantitative estimate of drug-likeness (QED) is 0.357. The summed E-state index contributed by atoms with van der Waals surface area (Å²) >= 11 is 0. The van der Waals surface area contributed by atoms with Gasteiger partial charge in [0.25, 0.3) is 5.91 Å². The first-order valence-corrected chi connectivity index (χ1v) is 10.7. The Morgan fingerprint density at radius 1 is 0.848 bits per heavy atom. The van der Waals surface area contributed by atoms with Crippen LogP contribution in [0.2, 0.25) is 0 Å². The third-order valence-corrected chi connectivity index (χ3v) is 5.10. The van der Waals surface area contributed by atoms with Crippen LogP contribution in [0.25, 0.3) is 10.9 Å². The summed E-state index contributed by atoms with van der Waals surface area (Å²) in [5, 5.41) is 0.988. The van der Waals surface area contributed by atoms with Crippen molar-refractivity contribution in [3.63, 3.8) is 0 Å². The first-order valence-electron chi connectivity index (χ1n) is 10.7. The minimum Gasteiger partial charge on any atom is -0.494 e. The van der Waals surface area contributed by atoms with Gasteiger partial charge in [-0.25, -0.2) is 0 Å². The van der Waals surface area contributed by atoms with Crippen LogP contribution in [0.4, 0.5) is 0 Å². The molecule has 1 aromatic heterocycles. The van der Waals surface area contributed by atoms with Crippen molar-refractivity contribution in [1.82, 2.24) is 15.8 Å². The van der Waals surface area contributed by atoms with E-state index in [1.54, 1.807) is 18.3 Å². The number of ether oxygens (including phenoxy) is 2. The second-order valence-corrected chi connectivity index (χ2v) is 7.43. The first-order chi connectivity index (χ1) is 16.1. The molecule has 168 valence electrons. The molecule has 0 bridgehead atoms. The molecule has 0 aliphatic carbocycles. The predicted octanol–water partition coefficient (Wildman–Crippen LogP) is 4.15. The molecule has 4 aromatic rings. The van der Waals surface area contributed by atoms with Crippen LogP contribution in [0.3, 0.4) is 0 Å². The molecule has 0 spiro atoms. The number of carbonyl (C=O) groups is 2. The third kappa shape index (κ3) is 5.71. The van der Waals surface area contributed by atoms with Crippen molar-refractivity contribution in [2.45, 2.75) is 20.0 Å². The third-order valence-electron chi connectivity index (χ3n) is 5.10. The van der Waals surface area contributed by atoms with Gasteiger partial charge in [0.05, 0.1) is 13.0 Å². The molecule has 0 aliphatic heterocycles. The average molecular weight is 444 g/mol. The molecule has 0 unspecified atom stereocenters. The van der Waals surface area contributed by atoms with Gasteiger partial charge in [-0.05, 0) is 60.5 Å². The fraction of sp³-hybridized carbons (Fsp3) is 0.154. The highest BCUT2D eigenvalue weighted by Crippen LogP contribution is 2.19. The lowest BCUT2D eigenvalue weighted by Gasteiger charge is -2.09. The number of hydrogen-bond donors (Lipinski definition) is 3. The molecule has 7 nitrogen and oxygen atoms in total. The van der Waals surface area contributed by atoms with Gasteiger partial charge in [-0.3, -0.25) is 20.4 Å². The number of nitrogens with one attached hydrogen (secondary N) is 3. The Kier molecular flexibility index (Phi) is 6.90. The zero-order chi connectivity index (χ0) is 23.0. The molecule has 2 amide bonds. The molecular formula is C26H25N3O4. The molecule has 0 saturated heterocycles. The largest absolute Gasteiger partial charge is 0.494 e. The van der Waals surface area contributed by atoms with E-state index < -0.39 is 0 Å². The predicted molar refractivity (Wildman–Crippen MR) is 126 cm³/mol. The van der Waals surface area contributed by atoms with Crippen LogP contribution in [0, 0.1) is 0 Å². The Morgan fingerprint density at radius 2 is 1.55 bits per heavy atom. The number of amides is 2. The van der Waals surface area contributed by atoms with E-state index in [9.17, 15) is 9.59 Å². The lowest BCUT2D eigenvalue weighted by molar-refractivity contribution is -0.121. The van der Waals surface area contributed by atoms with Crippen LogP contribution < -0.4 is 20.3 Å². The molecule has 0 fully saturated rings. The minimum absolute atomic E-state index is 0.159. The molecule has 4 rings (SSSR count). The van der Waals surface area contributed by atoms with Crippen LogP contribution in [0.1, 0.15) is 28.4 Å². The number of H-pyrrole nitrogens is 1. The topological polar surface area (TPSA) is 92.4 Å². The molecule has 7 heteroatoms. The van der Waals surface area contributed by atoms with E-state index in [0.29, 0.717) is 18.8 Å². The summed E-state index contributed by atoms with van der Waals surface area (Å²) < 4.78 is 11.2. The fourth-order valence-corrected chi connectivity index (χ4v) is 3.41. The lowest BCUT2D eigenvalue weighted by Crippen LogP contribution is -2.42. The summed E-state index contributed by atoms with van der Waals surface area (Å²) in [5.41, 5.74) is 8.13. The Labute approximate surface area is 191 Å². The van der Waals surface area contributed by atoms with Gasteiger partial charge in [0.1, 0.15) is 18.1 Å². The van der Waals surface area contributed by atoms with Crippen molar-refractivity contribution in [2.24, 2.45) is 0 Å². The number of benzene rings is 3. The molecule has 0 atom stereocenters. The van der Waals surface area contributed by atoms with E-state index in [1.807, 2.05) is 67.6 Å². The standard InChI is InChI=1S/C26H25N3O4/c1-2-32-21-11-13-22(14-12-21)33-17-18-7-9-19(10-8-18)26(31)29-28-25(30)15-20-16-27-24-6-4-3-5-23(20)24/h3-14,16,27H,2,15,17H2,1H3,(H,28,30)(H,29,31). The summed E-state index contributed by atoms with van der Waals surface area (Å²) in [4.78, 5) is 27.8. The van der Waals surface area contributed by atoms with Crippen LogP contribution in [-0.4, -0.2) is 23.4 Å². The number of carbonyl (C=O) groups excluding carboxylic acids is 2. The van der Waals surface area contributed by atoms with E-state index in [0.717, 1.165) is 33.5 Å². The van der Waals surface area contributed by atoms with Gasteiger partial charge in [0.2, 0.25) is 5.91 Å². The first kappa shape index (κ1) is 22.0. The summed E-state index contributed by atoms with van der Waals surface area (Å²) in [7, 11) is 0. The fourth-order valence-electron chi connectivity index (χ4n) is 3.41. The number of rotatable bonds is 8.